The van der Waals surface area contributed by atoms with Gasteiger partial charge in [-0.2, -0.15) is 0 Å². The number of carbonyl (C=O) groups excluding carboxylic acids is 1. The van der Waals surface area contributed by atoms with Crippen LogP contribution in [0.1, 0.15) is 21.5 Å². The molecule has 1 aromatic heterocycles. The van der Waals surface area contributed by atoms with Gasteiger partial charge >= 0.3 is 5.69 Å². The van der Waals surface area contributed by atoms with Crippen LogP contribution in [0.2, 0.25) is 0 Å². The second-order valence-electron chi connectivity index (χ2n) is 7.90. The lowest BCUT2D eigenvalue weighted by atomic mass is 10.1. The number of anilines is 3. The highest BCUT2D eigenvalue weighted by Crippen LogP contribution is 2.33. The number of aromatic nitrogens is 2. The smallest absolute Gasteiger partial charge is 0.355 e. The summed E-state index contributed by atoms with van der Waals surface area (Å²) in [5.41, 5.74) is 8.82. The maximum absolute atomic E-state index is 12.5. The molecule has 1 aliphatic rings. The van der Waals surface area contributed by atoms with Gasteiger partial charge in [0.1, 0.15) is 6.33 Å². The largest absolute Gasteiger partial charge is 0.368 e. The number of hydrazine groups is 1. The van der Waals surface area contributed by atoms with Crippen molar-refractivity contribution in [3.8, 4) is 0 Å². The number of halogens is 1. The molecule has 1 saturated heterocycles. The van der Waals surface area contributed by atoms with Crippen molar-refractivity contribution in [1.82, 2.24) is 15.4 Å². The summed E-state index contributed by atoms with van der Waals surface area (Å²) in [6, 6.07) is 13.1. The quantitative estimate of drug-likeness (QED) is 0.368. The third-order valence-corrected chi connectivity index (χ3v) is 6.59. The van der Waals surface area contributed by atoms with Crippen LogP contribution in [0.15, 0.2) is 53.3 Å². The summed E-state index contributed by atoms with van der Waals surface area (Å²) >= 11 is 3.32. The Morgan fingerprint density at radius 3 is 2.44 bits per heavy atom. The molecule has 2 N–H and O–H groups in total. The van der Waals surface area contributed by atoms with Crippen LogP contribution in [-0.2, 0) is 0 Å². The summed E-state index contributed by atoms with van der Waals surface area (Å²) in [6.07, 6.45) is 1.26. The highest BCUT2D eigenvalue weighted by molar-refractivity contribution is 9.10. The first-order chi connectivity index (χ1) is 16.4. The molecule has 0 bridgehead atoms. The van der Waals surface area contributed by atoms with Crippen molar-refractivity contribution in [2.75, 3.05) is 41.4 Å². The molecule has 34 heavy (non-hydrogen) atoms. The minimum Gasteiger partial charge on any atom is -0.368 e. The third-order valence-electron chi connectivity index (χ3n) is 5.89. The Labute approximate surface area is 205 Å². The molecule has 0 saturated carbocycles. The Kier molecular flexibility index (Phi) is 6.92. The molecule has 0 radical (unpaired) electrons. The number of piperazine rings is 1. The molecule has 4 rings (SSSR count). The topological polar surface area (TPSA) is 117 Å². The van der Waals surface area contributed by atoms with E-state index in [-0.39, 0.29) is 17.3 Å². The van der Waals surface area contributed by atoms with E-state index in [2.05, 4.69) is 67.6 Å². The van der Waals surface area contributed by atoms with E-state index in [1.165, 1.54) is 23.1 Å². The van der Waals surface area contributed by atoms with Crippen molar-refractivity contribution < 1.29 is 9.72 Å². The second-order valence-corrected chi connectivity index (χ2v) is 8.76. The molecule has 3 aromatic rings. The standard InChI is InChI=1S/C23H24BrN7O3/c1-15-6-5-9-19(16(15)2)29-10-12-30(13-11-29)22-20(31(33)34)21(25-14-26-22)27-28-23(32)17-7-3-4-8-18(17)24/h3-9,14H,10-13H2,1-2H3,(H,28,32)(H,25,26,27). The van der Waals surface area contributed by atoms with E-state index in [1.54, 1.807) is 24.3 Å². The van der Waals surface area contributed by atoms with Crippen molar-refractivity contribution in [1.29, 1.82) is 0 Å². The molecule has 0 atom stereocenters. The molecule has 2 aromatic carbocycles. The van der Waals surface area contributed by atoms with Crippen LogP contribution in [0.5, 0.6) is 0 Å². The monoisotopic (exact) mass is 525 g/mol. The van der Waals surface area contributed by atoms with E-state index in [9.17, 15) is 14.9 Å². The van der Waals surface area contributed by atoms with Crippen LogP contribution < -0.4 is 20.7 Å². The van der Waals surface area contributed by atoms with Crippen molar-refractivity contribution >= 4 is 44.8 Å². The fourth-order valence-corrected chi connectivity index (χ4v) is 4.39. The van der Waals surface area contributed by atoms with Gasteiger partial charge in [0.25, 0.3) is 5.91 Å². The number of hydrogen-bond donors (Lipinski definition) is 2. The number of amides is 1. The number of nitrogens with zero attached hydrogens (tertiary/aromatic N) is 5. The van der Waals surface area contributed by atoms with E-state index >= 15 is 0 Å². The molecule has 0 aliphatic carbocycles. The fourth-order valence-electron chi connectivity index (χ4n) is 3.93. The first-order valence-corrected chi connectivity index (χ1v) is 11.5. The molecule has 1 amide bonds. The number of nitrogens with one attached hydrogen (secondary N) is 2. The van der Waals surface area contributed by atoms with Gasteiger partial charge in [-0.25, -0.2) is 9.97 Å². The predicted octanol–water partition coefficient (Wildman–Crippen LogP) is 3.85. The first kappa shape index (κ1) is 23.4. The SMILES string of the molecule is Cc1cccc(N2CCN(c3ncnc(NNC(=O)c4ccccc4Br)c3[N+](=O)[O-])CC2)c1C. The summed E-state index contributed by atoms with van der Waals surface area (Å²) < 4.78 is 0.605. The third kappa shape index (κ3) is 4.79. The Morgan fingerprint density at radius 1 is 1.03 bits per heavy atom. The average molecular weight is 526 g/mol. The van der Waals surface area contributed by atoms with Crippen molar-refractivity contribution in [2.24, 2.45) is 0 Å². The Balaban J connectivity index is 1.50. The second kappa shape index (κ2) is 10.0. The zero-order valence-corrected chi connectivity index (χ0v) is 20.4. The van der Waals surface area contributed by atoms with Gasteiger partial charge in [-0.15, -0.1) is 0 Å². The molecule has 1 aliphatic heterocycles. The minimum atomic E-state index is -0.528. The summed E-state index contributed by atoms with van der Waals surface area (Å²) in [7, 11) is 0. The van der Waals surface area contributed by atoms with Gasteiger partial charge in [0.15, 0.2) is 0 Å². The van der Waals surface area contributed by atoms with Gasteiger partial charge < -0.3 is 9.80 Å². The summed E-state index contributed by atoms with van der Waals surface area (Å²) in [4.78, 5) is 36.3. The maximum Gasteiger partial charge on any atom is 0.355 e. The highest BCUT2D eigenvalue weighted by atomic mass is 79.9. The number of aryl methyl sites for hydroxylation is 1. The summed E-state index contributed by atoms with van der Waals surface area (Å²) in [5.74, 6) is -0.310. The van der Waals surface area contributed by atoms with Crippen LogP contribution >= 0.6 is 15.9 Å². The number of nitro groups is 1. The van der Waals surface area contributed by atoms with Gasteiger partial charge in [-0.05, 0) is 59.1 Å². The molecule has 0 spiro atoms. The van der Waals surface area contributed by atoms with Gasteiger partial charge in [-0.3, -0.25) is 25.8 Å². The lowest BCUT2D eigenvalue weighted by Crippen LogP contribution is -2.47. The van der Waals surface area contributed by atoms with E-state index in [0.29, 0.717) is 36.2 Å². The first-order valence-electron chi connectivity index (χ1n) is 10.7. The Hall–Kier alpha value is -3.73. The van der Waals surface area contributed by atoms with Crippen LogP contribution in [0.25, 0.3) is 0 Å². The van der Waals surface area contributed by atoms with Crippen LogP contribution in [0.4, 0.5) is 23.0 Å². The lowest BCUT2D eigenvalue weighted by molar-refractivity contribution is -0.383. The van der Waals surface area contributed by atoms with Crippen LogP contribution in [0.3, 0.4) is 0 Å². The van der Waals surface area contributed by atoms with E-state index in [4.69, 9.17) is 0 Å². The number of benzene rings is 2. The van der Waals surface area contributed by atoms with Crippen molar-refractivity contribution in [3.05, 3.63) is 80.1 Å². The van der Waals surface area contributed by atoms with Gasteiger partial charge in [0.05, 0.1) is 10.5 Å². The highest BCUT2D eigenvalue weighted by Gasteiger charge is 2.30. The van der Waals surface area contributed by atoms with E-state index in [0.717, 1.165) is 0 Å². The molecule has 0 unspecified atom stereocenters. The molecule has 2 heterocycles. The molecular formula is C23H24BrN7O3. The maximum atomic E-state index is 12.5. The van der Waals surface area contributed by atoms with Crippen LogP contribution in [-0.4, -0.2) is 47.0 Å². The fraction of sp³-hybridized carbons (Fsp3) is 0.261. The van der Waals surface area contributed by atoms with E-state index in [1.807, 2.05) is 11.0 Å². The predicted molar refractivity (Wildman–Crippen MR) is 134 cm³/mol. The average Bonchev–Trinajstić information content (AvgIpc) is 2.84. The van der Waals surface area contributed by atoms with Crippen molar-refractivity contribution in [3.63, 3.8) is 0 Å². The van der Waals surface area contributed by atoms with Crippen LogP contribution in [0, 0.1) is 24.0 Å². The van der Waals surface area contributed by atoms with Gasteiger partial charge in [0.2, 0.25) is 11.6 Å². The number of carbonyl (C=O) groups is 1. The zero-order valence-electron chi connectivity index (χ0n) is 18.8. The Bertz CT molecular complexity index is 1230. The normalized spacial score (nSPS) is 13.5. The van der Waals surface area contributed by atoms with Crippen molar-refractivity contribution in [2.45, 2.75) is 13.8 Å². The molecule has 10 nitrogen and oxygen atoms in total. The molecule has 11 heteroatoms. The van der Waals surface area contributed by atoms with E-state index < -0.39 is 10.8 Å². The Morgan fingerprint density at radius 2 is 1.74 bits per heavy atom. The lowest BCUT2D eigenvalue weighted by Gasteiger charge is -2.37. The summed E-state index contributed by atoms with van der Waals surface area (Å²) in [6.45, 7) is 6.72. The number of rotatable bonds is 6. The van der Waals surface area contributed by atoms with Gasteiger partial charge in [0, 0.05) is 36.3 Å². The minimum absolute atomic E-state index is 0.0765. The molecule has 1 fully saturated rings. The molecule has 176 valence electrons. The molecular weight excluding hydrogens is 502 g/mol. The zero-order chi connectivity index (χ0) is 24.2. The number of hydrogen-bond acceptors (Lipinski definition) is 8. The van der Waals surface area contributed by atoms with Gasteiger partial charge in [-0.1, -0.05) is 24.3 Å². The summed E-state index contributed by atoms with van der Waals surface area (Å²) in [5, 5.41) is 12.0.